The molecule has 2 aromatic heterocycles. The van der Waals surface area contributed by atoms with Crippen LogP contribution >= 0.6 is 0 Å². The molecule has 1 fully saturated rings. The van der Waals surface area contributed by atoms with Gasteiger partial charge in [-0.1, -0.05) is 25.1 Å². The molecule has 2 atom stereocenters. The molecule has 25 heavy (non-hydrogen) atoms. The summed E-state index contributed by atoms with van der Waals surface area (Å²) < 4.78 is 5.86. The van der Waals surface area contributed by atoms with E-state index in [4.69, 9.17) is 4.42 Å². The van der Waals surface area contributed by atoms with Gasteiger partial charge in [-0.3, -0.25) is 9.59 Å². The molecule has 2 heterocycles. The van der Waals surface area contributed by atoms with Gasteiger partial charge in [-0.05, 0) is 42.0 Å². The predicted molar refractivity (Wildman–Crippen MR) is 95.6 cm³/mol. The van der Waals surface area contributed by atoms with Crippen LogP contribution in [0.3, 0.4) is 0 Å². The lowest BCUT2D eigenvalue weighted by Crippen LogP contribution is -2.28. The van der Waals surface area contributed by atoms with Gasteiger partial charge in [0.2, 0.25) is 0 Å². The van der Waals surface area contributed by atoms with Gasteiger partial charge in [0.1, 0.15) is 17.2 Å². The first-order valence-electron chi connectivity index (χ1n) is 8.49. The van der Waals surface area contributed by atoms with Gasteiger partial charge < -0.3 is 14.3 Å². The molecule has 1 amide bonds. The Kier molecular flexibility index (Phi) is 3.71. The number of carbonyl (C=O) groups is 1. The van der Waals surface area contributed by atoms with Crippen molar-refractivity contribution in [3.05, 3.63) is 70.0 Å². The van der Waals surface area contributed by atoms with E-state index in [-0.39, 0.29) is 17.2 Å². The summed E-state index contributed by atoms with van der Waals surface area (Å²) in [6.07, 6.45) is 1.17. The highest BCUT2D eigenvalue weighted by Crippen LogP contribution is 2.47. The Morgan fingerprint density at radius 2 is 2.04 bits per heavy atom. The number of H-pyrrole nitrogens is 1. The number of aromatic amines is 1. The van der Waals surface area contributed by atoms with Gasteiger partial charge in [0.25, 0.3) is 11.5 Å². The fourth-order valence-electron chi connectivity index (χ4n) is 3.23. The van der Waals surface area contributed by atoms with Crippen LogP contribution in [0.15, 0.2) is 51.7 Å². The molecule has 1 aliphatic carbocycles. The van der Waals surface area contributed by atoms with Crippen molar-refractivity contribution in [2.45, 2.75) is 25.8 Å². The first-order chi connectivity index (χ1) is 12.0. The topological polar surface area (TPSA) is 66.3 Å². The smallest absolute Gasteiger partial charge is 0.270 e. The molecule has 5 heteroatoms. The SMILES string of the molecule is C[C@H]1C[C@H]1c1ccc(CN(C)C(=O)c2cc3ccccc3c(=O)[nH]2)o1. The Balaban J connectivity index is 1.54. The van der Waals surface area contributed by atoms with Gasteiger partial charge in [-0.2, -0.15) is 0 Å². The highest BCUT2D eigenvalue weighted by Gasteiger charge is 2.36. The number of hydrogen-bond donors (Lipinski definition) is 1. The van der Waals surface area contributed by atoms with E-state index in [1.807, 2.05) is 24.3 Å². The maximum absolute atomic E-state index is 12.7. The fourth-order valence-corrected chi connectivity index (χ4v) is 3.23. The average Bonchev–Trinajstić information content (AvgIpc) is 3.15. The molecular formula is C20H20N2O3. The Labute approximate surface area is 145 Å². The van der Waals surface area contributed by atoms with Crippen LogP contribution in [0.25, 0.3) is 10.8 Å². The van der Waals surface area contributed by atoms with E-state index < -0.39 is 0 Å². The molecule has 0 spiro atoms. The highest BCUT2D eigenvalue weighted by molar-refractivity contribution is 5.96. The lowest BCUT2D eigenvalue weighted by molar-refractivity contribution is 0.0769. The second-order valence-electron chi connectivity index (χ2n) is 6.88. The van der Waals surface area contributed by atoms with Crippen LogP contribution in [0.4, 0.5) is 0 Å². The van der Waals surface area contributed by atoms with E-state index in [0.29, 0.717) is 23.8 Å². The van der Waals surface area contributed by atoms with E-state index in [1.54, 1.807) is 30.1 Å². The molecule has 3 aromatic rings. The van der Waals surface area contributed by atoms with Crippen molar-refractivity contribution >= 4 is 16.7 Å². The second-order valence-corrected chi connectivity index (χ2v) is 6.88. The molecule has 1 N–H and O–H groups in total. The summed E-state index contributed by atoms with van der Waals surface area (Å²) in [7, 11) is 1.71. The zero-order valence-corrected chi connectivity index (χ0v) is 14.3. The van der Waals surface area contributed by atoms with Crippen molar-refractivity contribution in [3.63, 3.8) is 0 Å². The molecule has 0 aliphatic heterocycles. The zero-order valence-electron chi connectivity index (χ0n) is 14.3. The number of nitrogens with zero attached hydrogens (tertiary/aromatic N) is 1. The molecule has 5 nitrogen and oxygen atoms in total. The van der Waals surface area contributed by atoms with Crippen molar-refractivity contribution < 1.29 is 9.21 Å². The Bertz CT molecular complexity index is 1000. The molecule has 1 aromatic carbocycles. The number of hydrogen-bond acceptors (Lipinski definition) is 3. The Morgan fingerprint density at radius 3 is 2.80 bits per heavy atom. The van der Waals surface area contributed by atoms with E-state index in [2.05, 4.69) is 11.9 Å². The van der Waals surface area contributed by atoms with Crippen LogP contribution in [0.2, 0.25) is 0 Å². The van der Waals surface area contributed by atoms with Crippen molar-refractivity contribution in [3.8, 4) is 0 Å². The summed E-state index contributed by atoms with van der Waals surface area (Å²) >= 11 is 0. The van der Waals surface area contributed by atoms with E-state index in [0.717, 1.165) is 16.9 Å². The van der Waals surface area contributed by atoms with E-state index >= 15 is 0 Å². The summed E-state index contributed by atoms with van der Waals surface area (Å²) in [5.41, 5.74) is 0.0339. The number of pyridine rings is 1. The van der Waals surface area contributed by atoms with Crippen LogP contribution in [-0.2, 0) is 6.54 Å². The van der Waals surface area contributed by atoms with Crippen molar-refractivity contribution in [1.29, 1.82) is 0 Å². The zero-order chi connectivity index (χ0) is 17.6. The Morgan fingerprint density at radius 1 is 1.28 bits per heavy atom. The number of benzene rings is 1. The molecule has 0 bridgehead atoms. The standard InChI is InChI=1S/C20H20N2O3/c1-12-9-16(12)18-8-7-14(25-18)11-22(2)20(24)17-10-13-5-3-4-6-15(13)19(23)21-17/h3-8,10,12,16H,9,11H2,1-2H3,(H,21,23)/t12-,16+/m0/s1. The van der Waals surface area contributed by atoms with Crippen LogP contribution < -0.4 is 5.56 Å². The number of nitrogens with one attached hydrogen (secondary N) is 1. The number of fused-ring (bicyclic) bond motifs is 1. The quantitative estimate of drug-likeness (QED) is 0.793. The summed E-state index contributed by atoms with van der Waals surface area (Å²) in [4.78, 5) is 29.1. The van der Waals surface area contributed by atoms with Crippen molar-refractivity contribution in [2.75, 3.05) is 7.05 Å². The summed E-state index contributed by atoms with van der Waals surface area (Å²) in [6.45, 7) is 2.58. The van der Waals surface area contributed by atoms with Crippen molar-refractivity contribution in [1.82, 2.24) is 9.88 Å². The summed E-state index contributed by atoms with van der Waals surface area (Å²) in [5.74, 6) is 2.73. The minimum absolute atomic E-state index is 0.236. The first kappa shape index (κ1) is 15.7. The van der Waals surface area contributed by atoms with Gasteiger partial charge in [0, 0.05) is 18.4 Å². The fraction of sp³-hybridized carbons (Fsp3) is 0.300. The number of amides is 1. The highest BCUT2D eigenvalue weighted by atomic mass is 16.3. The minimum atomic E-state index is -0.252. The largest absolute Gasteiger partial charge is 0.464 e. The van der Waals surface area contributed by atoms with E-state index in [9.17, 15) is 9.59 Å². The first-order valence-corrected chi connectivity index (χ1v) is 8.49. The van der Waals surface area contributed by atoms with Gasteiger partial charge in [-0.15, -0.1) is 0 Å². The number of aromatic nitrogens is 1. The van der Waals surface area contributed by atoms with Gasteiger partial charge >= 0.3 is 0 Å². The number of furan rings is 1. The molecule has 1 saturated carbocycles. The number of carbonyl (C=O) groups excluding carboxylic acids is 1. The molecular weight excluding hydrogens is 316 g/mol. The van der Waals surface area contributed by atoms with E-state index in [1.165, 1.54) is 6.42 Å². The minimum Gasteiger partial charge on any atom is -0.464 e. The molecule has 1 aliphatic rings. The van der Waals surface area contributed by atoms with Crippen molar-refractivity contribution in [2.24, 2.45) is 5.92 Å². The summed E-state index contributed by atoms with van der Waals surface area (Å²) in [6, 6.07) is 12.9. The summed E-state index contributed by atoms with van der Waals surface area (Å²) in [5, 5.41) is 1.34. The molecule has 0 saturated heterocycles. The lowest BCUT2D eigenvalue weighted by Gasteiger charge is -2.16. The molecule has 0 unspecified atom stereocenters. The number of rotatable bonds is 4. The monoisotopic (exact) mass is 336 g/mol. The van der Waals surface area contributed by atoms with Gasteiger partial charge in [0.05, 0.1) is 6.54 Å². The Hall–Kier alpha value is -2.82. The maximum atomic E-state index is 12.7. The van der Waals surface area contributed by atoms with Crippen LogP contribution in [0.1, 0.15) is 41.3 Å². The van der Waals surface area contributed by atoms with Crippen LogP contribution in [0.5, 0.6) is 0 Å². The third-order valence-corrected chi connectivity index (χ3v) is 4.88. The third kappa shape index (κ3) is 2.97. The van der Waals surface area contributed by atoms with Crippen LogP contribution in [0, 0.1) is 5.92 Å². The normalized spacial score (nSPS) is 19.1. The molecule has 4 rings (SSSR count). The molecule has 0 radical (unpaired) electrons. The van der Waals surface area contributed by atoms with Crippen LogP contribution in [-0.4, -0.2) is 22.8 Å². The van der Waals surface area contributed by atoms with Gasteiger partial charge in [-0.25, -0.2) is 0 Å². The predicted octanol–water partition coefficient (Wildman–Crippen LogP) is 3.52. The lowest BCUT2D eigenvalue weighted by atomic mass is 10.1. The second kappa shape index (κ2) is 5.92. The molecule has 128 valence electrons. The third-order valence-electron chi connectivity index (χ3n) is 4.88. The van der Waals surface area contributed by atoms with Gasteiger partial charge in [0.15, 0.2) is 0 Å². The maximum Gasteiger partial charge on any atom is 0.270 e. The average molecular weight is 336 g/mol.